The van der Waals surface area contributed by atoms with Crippen molar-refractivity contribution in [1.29, 1.82) is 0 Å². The summed E-state index contributed by atoms with van der Waals surface area (Å²) in [4.78, 5) is 48.3. The van der Waals surface area contributed by atoms with E-state index in [0.717, 1.165) is 12.1 Å². The van der Waals surface area contributed by atoms with Gasteiger partial charge in [-0.05, 0) is 42.0 Å². The Labute approximate surface area is 211 Å². The van der Waals surface area contributed by atoms with Gasteiger partial charge in [-0.3, -0.25) is 14.4 Å². The molecule has 4 rings (SSSR count). The van der Waals surface area contributed by atoms with Gasteiger partial charge in [-0.1, -0.05) is 23.7 Å². The Morgan fingerprint density at radius 3 is 2.62 bits per heavy atom. The van der Waals surface area contributed by atoms with Crippen LogP contribution in [0.2, 0.25) is 5.02 Å². The van der Waals surface area contributed by atoms with Crippen LogP contribution in [0.25, 0.3) is 11.0 Å². The fraction of sp³-hybridized carbons (Fsp3) is 0.125. The largest absolute Gasteiger partial charge is 0.467 e. The van der Waals surface area contributed by atoms with Crippen molar-refractivity contribution in [2.24, 2.45) is 0 Å². The first kappa shape index (κ1) is 25.6. The number of anilines is 1. The molecule has 0 atom stereocenters. The van der Waals surface area contributed by atoms with E-state index in [2.05, 4.69) is 25.6 Å². The molecule has 0 fully saturated rings. The average Bonchev–Trinajstić information content (AvgIpc) is 2.87. The van der Waals surface area contributed by atoms with Gasteiger partial charge in [-0.15, -0.1) is 0 Å². The number of pyridine rings is 1. The van der Waals surface area contributed by atoms with E-state index in [1.165, 1.54) is 49.7 Å². The Morgan fingerprint density at radius 2 is 1.89 bits per heavy atom. The van der Waals surface area contributed by atoms with Crippen molar-refractivity contribution in [2.75, 3.05) is 12.4 Å². The summed E-state index contributed by atoms with van der Waals surface area (Å²) in [6.07, 6.45) is -3.13. The third-order valence-electron chi connectivity index (χ3n) is 5.18. The minimum absolute atomic E-state index is 0.0373. The summed E-state index contributed by atoms with van der Waals surface area (Å²) in [6.45, 7) is -0.160. The molecule has 37 heavy (non-hydrogen) atoms. The number of ether oxygens (including phenoxy) is 1. The highest BCUT2D eigenvalue weighted by molar-refractivity contribution is 6.34. The number of H-pyrrole nitrogens is 1. The first-order valence-corrected chi connectivity index (χ1v) is 10.9. The fourth-order valence-corrected chi connectivity index (χ4v) is 3.50. The van der Waals surface area contributed by atoms with Crippen LogP contribution < -0.4 is 20.9 Å². The summed E-state index contributed by atoms with van der Waals surface area (Å²) in [5.74, 6) is -1.42. The lowest BCUT2D eigenvalue weighted by Gasteiger charge is -2.11. The molecule has 0 aliphatic heterocycles. The predicted octanol–water partition coefficient (Wildman–Crippen LogP) is 4.18. The zero-order chi connectivity index (χ0) is 26.7. The van der Waals surface area contributed by atoms with Gasteiger partial charge in [0.1, 0.15) is 11.2 Å². The van der Waals surface area contributed by atoms with Gasteiger partial charge in [0, 0.05) is 23.7 Å². The van der Waals surface area contributed by atoms with E-state index >= 15 is 0 Å². The predicted molar refractivity (Wildman–Crippen MR) is 129 cm³/mol. The molecule has 0 saturated heterocycles. The number of aromatic nitrogens is 3. The fourth-order valence-electron chi connectivity index (χ4n) is 3.34. The molecule has 0 unspecified atom stereocenters. The van der Waals surface area contributed by atoms with Crippen molar-refractivity contribution in [3.63, 3.8) is 0 Å². The maximum absolute atomic E-state index is 12.9. The number of aromatic amines is 1. The summed E-state index contributed by atoms with van der Waals surface area (Å²) in [6, 6.07) is 9.93. The van der Waals surface area contributed by atoms with E-state index in [9.17, 15) is 27.6 Å². The quantitative estimate of drug-likeness (QED) is 0.343. The summed E-state index contributed by atoms with van der Waals surface area (Å²) in [7, 11) is 1.37. The van der Waals surface area contributed by atoms with Crippen LogP contribution in [-0.4, -0.2) is 33.9 Å². The molecule has 3 N–H and O–H groups in total. The summed E-state index contributed by atoms with van der Waals surface area (Å²) in [5.41, 5.74) is -1.25. The van der Waals surface area contributed by atoms with E-state index in [1.807, 2.05) is 0 Å². The van der Waals surface area contributed by atoms with Gasteiger partial charge >= 0.3 is 12.2 Å². The number of rotatable bonds is 6. The molecule has 4 aromatic rings. The minimum Gasteiger partial charge on any atom is -0.467 e. The number of methoxy groups -OCH3 is 1. The lowest BCUT2D eigenvalue weighted by atomic mass is 10.1. The third kappa shape index (κ3) is 5.86. The maximum atomic E-state index is 12.9. The summed E-state index contributed by atoms with van der Waals surface area (Å²) < 4.78 is 43.6. The molecule has 0 spiro atoms. The van der Waals surface area contributed by atoms with E-state index < -0.39 is 29.1 Å². The molecule has 0 aliphatic rings. The summed E-state index contributed by atoms with van der Waals surface area (Å²) >= 11 is 6.16. The van der Waals surface area contributed by atoms with Crippen molar-refractivity contribution in [3.8, 4) is 6.01 Å². The zero-order valence-electron chi connectivity index (χ0n) is 18.9. The van der Waals surface area contributed by atoms with Crippen LogP contribution in [0.4, 0.5) is 18.9 Å². The van der Waals surface area contributed by atoms with Crippen molar-refractivity contribution in [3.05, 3.63) is 92.4 Å². The Bertz CT molecular complexity index is 1570. The van der Waals surface area contributed by atoms with Crippen molar-refractivity contribution in [2.45, 2.75) is 12.7 Å². The Balaban J connectivity index is 1.50. The number of alkyl halides is 3. The van der Waals surface area contributed by atoms with Gasteiger partial charge < -0.3 is 20.4 Å². The average molecular weight is 532 g/mol. The lowest BCUT2D eigenvalue weighted by molar-refractivity contribution is -0.137. The van der Waals surface area contributed by atoms with E-state index in [1.54, 1.807) is 0 Å². The normalized spacial score (nSPS) is 11.3. The smallest absolute Gasteiger partial charge is 0.416 e. The van der Waals surface area contributed by atoms with Crippen LogP contribution >= 0.6 is 11.6 Å². The first-order chi connectivity index (χ1) is 17.5. The van der Waals surface area contributed by atoms with Crippen LogP contribution in [0, 0.1) is 0 Å². The Morgan fingerprint density at radius 1 is 1.11 bits per heavy atom. The highest BCUT2D eigenvalue weighted by Gasteiger charge is 2.30. The monoisotopic (exact) mass is 531 g/mol. The van der Waals surface area contributed by atoms with Crippen molar-refractivity contribution < 1.29 is 27.5 Å². The number of amides is 2. The molecule has 9 nitrogen and oxygen atoms in total. The van der Waals surface area contributed by atoms with Crippen LogP contribution in [0.5, 0.6) is 6.01 Å². The van der Waals surface area contributed by atoms with Crippen molar-refractivity contribution >= 4 is 40.1 Å². The highest BCUT2D eigenvalue weighted by atomic mass is 35.5. The van der Waals surface area contributed by atoms with Crippen LogP contribution in [-0.2, 0) is 12.7 Å². The number of nitrogens with one attached hydrogen (secondary N) is 3. The Kier molecular flexibility index (Phi) is 7.11. The molecule has 0 radical (unpaired) electrons. The molecule has 0 bridgehead atoms. The SMILES string of the molecule is COc1ncc2cc(C(=O)Nc3cc(C(=O)NCc4cccc(C(F)(F)F)c4)ccc3Cl)c(=O)[nH]c2n1. The van der Waals surface area contributed by atoms with Crippen LogP contribution in [0.15, 0.2) is 59.5 Å². The third-order valence-corrected chi connectivity index (χ3v) is 5.51. The molecular weight excluding hydrogens is 515 g/mol. The van der Waals surface area contributed by atoms with Gasteiger partial charge in [-0.25, -0.2) is 4.98 Å². The first-order valence-electron chi connectivity index (χ1n) is 10.5. The van der Waals surface area contributed by atoms with Gasteiger partial charge in [0.25, 0.3) is 17.4 Å². The van der Waals surface area contributed by atoms with Crippen molar-refractivity contribution in [1.82, 2.24) is 20.3 Å². The van der Waals surface area contributed by atoms with Gasteiger partial charge in [-0.2, -0.15) is 18.2 Å². The standard InChI is InChI=1S/C24H17ClF3N5O4/c1-37-23-30-11-14-8-16(22(36)32-19(14)33-23)21(35)31-18-9-13(5-6-17(18)25)20(34)29-10-12-3-2-4-15(7-12)24(26,27)28/h2-9,11H,10H2,1H3,(H,29,34)(H,31,35)(H,30,32,33,36). The van der Waals surface area contributed by atoms with E-state index in [0.29, 0.717) is 5.39 Å². The highest BCUT2D eigenvalue weighted by Crippen LogP contribution is 2.29. The summed E-state index contributed by atoms with van der Waals surface area (Å²) in [5, 5.41) is 5.47. The van der Waals surface area contributed by atoms with Crippen LogP contribution in [0.3, 0.4) is 0 Å². The van der Waals surface area contributed by atoms with E-state index in [4.69, 9.17) is 16.3 Å². The topological polar surface area (TPSA) is 126 Å². The molecule has 2 amide bonds. The number of nitrogens with zero attached hydrogens (tertiary/aromatic N) is 2. The van der Waals surface area contributed by atoms with Crippen LogP contribution in [0.1, 0.15) is 31.8 Å². The molecule has 2 heterocycles. The number of fused-ring (bicyclic) bond motifs is 1. The second-order valence-electron chi connectivity index (χ2n) is 7.70. The second kappa shape index (κ2) is 10.3. The van der Waals surface area contributed by atoms with Gasteiger partial charge in [0.2, 0.25) is 0 Å². The molecule has 0 aliphatic carbocycles. The molecule has 0 saturated carbocycles. The molecule has 2 aromatic carbocycles. The number of benzene rings is 2. The minimum atomic E-state index is -4.50. The lowest BCUT2D eigenvalue weighted by Crippen LogP contribution is -2.25. The molecule has 190 valence electrons. The molecular formula is C24H17ClF3N5O4. The number of hydrogen-bond acceptors (Lipinski definition) is 6. The van der Waals surface area contributed by atoms with Gasteiger partial charge in [0.15, 0.2) is 0 Å². The zero-order valence-corrected chi connectivity index (χ0v) is 19.7. The number of carbonyl (C=O) groups is 2. The molecule has 13 heteroatoms. The molecule has 2 aromatic heterocycles. The maximum Gasteiger partial charge on any atom is 0.416 e. The Hall–Kier alpha value is -4.45. The second-order valence-corrected chi connectivity index (χ2v) is 8.11. The number of carbonyl (C=O) groups excluding carboxylic acids is 2. The van der Waals surface area contributed by atoms with E-state index in [-0.39, 0.29) is 45.6 Å². The van der Waals surface area contributed by atoms with Gasteiger partial charge in [0.05, 0.1) is 23.4 Å². The number of hydrogen-bond donors (Lipinski definition) is 3. The number of halogens is 4.